The van der Waals surface area contributed by atoms with Crippen LogP contribution >= 0.6 is 0 Å². The highest BCUT2D eigenvalue weighted by Crippen LogP contribution is 2.39. The first-order valence-corrected chi connectivity index (χ1v) is 10.6. The Morgan fingerprint density at radius 2 is 1.69 bits per heavy atom. The van der Waals surface area contributed by atoms with Crippen LogP contribution in [0.2, 0.25) is 0 Å². The highest BCUT2D eigenvalue weighted by atomic mass is 16.5. The van der Waals surface area contributed by atoms with Crippen LogP contribution in [0.25, 0.3) is 0 Å². The zero-order valence-corrected chi connectivity index (χ0v) is 16.5. The van der Waals surface area contributed by atoms with Crippen LogP contribution in [-0.4, -0.2) is 46.1 Å². The number of ether oxygens (including phenoxy) is 1. The summed E-state index contributed by atoms with van der Waals surface area (Å²) in [5.41, 5.74) is 0.740. The molecule has 2 atom stereocenters. The van der Waals surface area contributed by atoms with Crippen LogP contribution < -0.4 is 15.4 Å². The number of hydrogen-bond donors (Lipinski definition) is 2. The molecule has 2 N–H and O–H groups in total. The number of anilines is 1. The number of nitrogens with zero attached hydrogens (tertiary/aromatic N) is 3. The number of fused-ring (bicyclic) bond motifs is 2. The van der Waals surface area contributed by atoms with Gasteiger partial charge >= 0.3 is 12.0 Å². The molecule has 7 nitrogen and oxygen atoms in total. The molecule has 3 aliphatic rings. The van der Waals surface area contributed by atoms with Crippen LogP contribution in [0.1, 0.15) is 32.1 Å². The summed E-state index contributed by atoms with van der Waals surface area (Å²) in [5.74, 6) is 1.79. The van der Waals surface area contributed by atoms with Gasteiger partial charge in [0.25, 0.3) is 0 Å². The molecule has 2 aliphatic carbocycles. The second kappa shape index (κ2) is 7.99. The van der Waals surface area contributed by atoms with E-state index in [1.54, 1.807) is 30.6 Å². The summed E-state index contributed by atoms with van der Waals surface area (Å²) >= 11 is 0. The van der Waals surface area contributed by atoms with Gasteiger partial charge in [-0.05, 0) is 67.9 Å². The molecule has 3 fully saturated rings. The van der Waals surface area contributed by atoms with Crippen molar-refractivity contribution in [1.82, 2.24) is 20.2 Å². The van der Waals surface area contributed by atoms with Gasteiger partial charge in [-0.3, -0.25) is 4.90 Å². The summed E-state index contributed by atoms with van der Waals surface area (Å²) in [6, 6.07) is 10.3. The van der Waals surface area contributed by atoms with E-state index < -0.39 is 0 Å². The number of carbonyl (C=O) groups is 1. The third-order valence-electron chi connectivity index (χ3n) is 6.33. The summed E-state index contributed by atoms with van der Waals surface area (Å²) in [4.78, 5) is 23.4. The highest BCUT2D eigenvalue weighted by Gasteiger charge is 2.43. The van der Waals surface area contributed by atoms with E-state index in [-0.39, 0.29) is 12.1 Å². The molecular weight excluding hydrogens is 366 g/mol. The van der Waals surface area contributed by atoms with Crippen LogP contribution in [0, 0.1) is 11.8 Å². The summed E-state index contributed by atoms with van der Waals surface area (Å²) in [5, 5.41) is 6.24. The molecule has 7 heteroatoms. The molecule has 2 aromatic rings. The number of urea groups is 1. The Labute approximate surface area is 170 Å². The zero-order valence-electron chi connectivity index (χ0n) is 16.5. The molecule has 2 saturated carbocycles. The Morgan fingerprint density at radius 1 is 1.00 bits per heavy atom. The number of nitrogens with one attached hydrogen (secondary N) is 2. The van der Waals surface area contributed by atoms with Crippen LogP contribution in [0.4, 0.5) is 10.5 Å². The second-order valence-corrected chi connectivity index (χ2v) is 8.42. The second-order valence-electron chi connectivity index (χ2n) is 8.42. The van der Waals surface area contributed by atoms with E-state index in [0.29, 0.717) is 23.6 Å². The minimum absolute atomic E-state index is 0.119. The number of amides is 2. The van der Waals surface area contributed by atoms with Crippen molar-refractivity contribution in [3.8, 4) is 11.8 Å². The van der Waals surface area contributed by atoms with E-state index in [1.807, 2.05) is 12.1 Å². The van der Waals surface area contributed by atoms with E-state index in [0.717, 1.165) is 24.8 Å². The van der Waals surface area contributed by atoms with Crippen molar-refractivity contribution in [2.45, 2.75) is 44.2 Å². The van der Waals surface area contributed by atoms with Gasteiger partial charge in [-0.1, -0.05) is 6.42 Å². The van der Waals surface area contributed by atoms with Crippen LogP contribution in [0.5, 0.6) is 11.8 Å². The number of aromatic nitrogens is 2. The van der Waals surface area contributed by atoms with E-state index in [2.05, 4.69) is 25.5 Å². The van der Waals surface area contributed by atoms with Crippen LogP contribution in [-0.2, 0) is 0 Å². The first kappa shape index (κ1) is 18.4. The molecule has 29 heavy (non-hydrogen) atoms. The quantitative estimate of drug-likeness (QED) is 0.811. The van der Waals surface area contributed by atoms with Crippen LogP contribution in [0.3, 0.4) is 0 Å². The summed E-state index contributed by atoms with van der Waals surface area (Å²) < 4.78 is 5.59. The van der Waals surface area contributed by atoms with Gasteiger partial charge in [0.2, 0.25) is 0 Å². The van der Waals surface area contributed by atoms with E-state index >= 15 is 0 Å². The summed E-state index contributed by atoms with van der Waals surface area (Å²) in [7, 11) is 0. The lowest BCUT2D eigenvalue weighted by Gasteiger charge is -2.47. The smallest absolute Gasteiger partial charge is 0.321 e. The van der Waals surface area contributed by atoms with Crippen molar-refractivity contribution >= 4 is 11.7 Å². The lowest BCUT2D eigenvalue weighted by molar-refractivity contribution is 0.0473. The molecule has 1 saturated heterocycles. The lowest BCUT2D eigenvalue weighted by atomic mass is 9.73. The first-order chi connectivity index (χ1) is 14.2. The predicted molar refractivity (Wildman–Crippen MR) is 110 cm³/mol. The third kappa shape index (κ3) is 4.34. The molecule has 1 aromatic heterocycles. The fourth-order valence-corrected chi connectivity index (χ4v) is 4.81. The van der Waals surface area contributed by atoms with Gasteiger partial charge in [-0.15, -0.1) is 0 Å². The molecule has 2 amide bonds. The maximum absolute atomic E-state index is 12.6. The fourth-order valence-electron chi connectivity index (χ4n) is 4.81. The molecule has 0 spiro atoms. The van der Waals surface area contributed by atoms with Crippen molar-refractivity contribution < 1.29 is 9.53 Å². The topological polar surface area (TPSA) is 79.4 Å². The maximum Gasteiger partial charge on any atom is 0.321 e. The van der Waals surface area contributed by atoms with Gasteiger partial charge in [-0.25, -0.2) is 14.8 Å². The van der Waals surface area contributed by atoms with Crippen LogP contribution in [0.15, 0.2) is 42.7 Å². The number of hydrogen-bond acceptors (Lipinski definition) is 5. The standard InChI is InChI=1S/C22H27N5O2/c28-21(25-17-5-9-19(10-6-17)29-22-23-11-2-12-24-22)26-20-15-3-1-4-16(20)14-27(13-15)18-7-8-18/h2,5-6,9-12,15-16,18,20H,1,3-4,7-8,13-14H2,(H2,25,26,28). The van der Waals surface area contributed by atoms with Gasteiger partial charge in [0.1, 0.15) is 5.75 Å². The number of benzene rings is 1. The minimum atomic E-state index is -0.119. The molecule has 2 heterocycles. The molecule has 2 bridgehead atoms. The Morgan fingerprint density at radius 3 is 2.34 bits per heavy atom. The predicted octanol–water partition coefficient (Wildman–Crippen LogP) is 3.65. The number of piperidine rings is 1. The molecule has 1 aromatic carbocycles. The zero-order chi connectivity index (χ0) is 19.6. The van der Waals surface area contributed by atoms with Crippen molar-refractivity contribution in [2.75, 3.05) is 18.4 Å². The Balaban J connectivity index is 1.16. The van der Waals surface area contributed by atoms with E-state index in [4.69, 9.17) is 4.74 Å². The van der Waals surface area contributed by atoms with Gasteiger partial charge in [-0.2, -0.15) is 0 Å². The molecule has 0 radical (unpaired) electrons. The highest BCUT2D eigenvalue weighted by molar-refractivity contribution is 5.89. The fraction of sp³-hybridized carbons (Fsp3) is 0.500. The van der Waals surface area contributed by atoms with E-state index in [1.165, 1.54) is 32.1 Å². The molecule has 5 rings (SSSR count). The maximum atomic E-state index is 12.6. The number of likely N-dealkylation sites (tertiary alicyclic amines) is 1. The molecule has 1 aliphatic heterocycles. The SMILES string of the molecule is O=C(Nc1ccc(Oc2ncccn2)cc1)NC1C2CCCC1CN(C1CC1)C2. The van der Waals surface area contributed by atoms with Crippen molar-refractivity contribution in [3.05, 3.63) is 42.7 Å². The minimum Gasteiger partial charge on any atom is -0.424 e. The largest absolute Gasteiger partial charge is 0.424 e. The lowest BCUT2D eigenvalue weighted by Crippen LogP contribution is -2.59. The normalized spacial score (nSPS) is 26.6. The Hall–Kier alpha value is -2.67. The van der Waals surface area contributed by atoms with Gasteiger partial charge in [0.15, 0.2) is 0 Å². The number of rotatable bonds is 5. The van der Waals surface area contributed by atoms with Gasteiger partial charge in [0.05, 0.1) is 0 Å². The average Bonchev–Trinajstić information content (AvgIpc) is 3.55. The first-order valence-electron chi connectivity index (χ1n) is 10.6. The van der Waals surface area contributed by atoms with Crippen molar-refractivity contribution in [3.63, 3.8) is 0 Å². The average molecular weight is 393 g/mol. The summed E-state index contributed by atoms with van der Waals surface area (Å²) in [6.45, 7) is 2.28. The van der Waals surface area contributed by atoms with Gasteiger partial charge in [0, 0.05) is 43.3 Å². The Kier molecular flexibility index (Phi) is 5.06. The van der Waals surface area contributed by atoms with Gasteiger partial charge < -0.3 is 15.4 Å². The van der Waals surface area contributed by atoms with E-state index in [9.17, 15) is 4.79 Å². The monoisotopic (exact) mass is 393 g/mol. The Bertz CT molecular complexity index is 826. The van der Waals surface area contributed by atoms with Crippen molar-refractivity contribution in [1.29, 1.82) is 0 Å². The number of carbonyl (C=O) groups excluding carboxylic acids is 1. The molecular formula is C22H27N5O2. The molecule has 2 unspecified atom stereocenters. The summed E-state index contributed by atoms with van der Waals surface area (Å²) in [6.07, 6.45) is 9.71. The molecule has 152 valence electrons. The van der Waals surface area contributed by atoms with Crippen molar-refractivity contribution in [2.24, 2.45) is 11.8 Å². The third-order valence-corrected chi connectivity index (χ3v) is 6.33.